The van der Waals surface area contributed by atoms with E-state index in [1.807, 2.05) is 24.3 Å². The van der Waals surface area contributed by atoms with Crippen LogP contribution >= 0.6 is 0 Å². The number of carboxylic acid groups (broad SMARTS) is 1. The lowest BCUT2D eigenvalue weighted by molar-refractivity contribution is -0.141. The third-order valence-electron chi connectivity index (χ3n) is 3.15. The smallest absolute Gasteiger partial charge is 0.308 e. The van der Waals surface area contributed by atoms with Crippen molar-refractivity contribution in [1.29, 1.82) is 0 Å². The molecule has 0 bridgehead atoms. The van der Waals surface area contributed by atoms with Gasteiger partial charge in [0, 0.05) is 18.8 Å². The molecule has 0 spiro atoms. The van der Waals surface area contributed by atoms with Crippen LogP contribution < -0.4 is 10.6 Å². The van der Waals surface area contributed by atoms with E-state index in [0.29, 0.717) is 6.54 Å². The monoisotopic (exact) mass is 248 g/mol. The molecule has 5 heteroatoms. The van der Waals surface area contributed by atoms with Crippen molar-refractivity contribution in [2.24, 2.45) is 5.92 Å². The number of carboxylic acids is 1. The molecule has 0 radical (unpaired) electrons. The Morgan fingerprint density at radius 2 is 2.22 bits per heavy atom. The number of hydrogen-bond acceptors (Lipinski definition) is 3. The highest BCUT2D eigenvalue weighted by Gasteiger charge is 2.28. The third-order valence-corrected chi connectivity index (χ3v) is 3.15. The number of carbonyl (C=O) groups excluding carboxylic acids is 1. The quantitative estimate of drug-likeness (QED) is 0.743. The summed E-state index contributed by atoms with van der Waals surface area (Å²) in [4.78, 5) is 22.7. The summed E-state index contributed by atoms with van der Waals surface area (Å²) in [7, 11) is 0. The first-order chi connectivity index (χ1) is 8.59. The number of aliphatic carboxylic acids is 1. The standard InChI is InChI=1S/C13H16N2O3/c1-8(13(17)18)6-15-12(16)10-7-14-11-5-3-2-4-9(10)11/h2-5,8,10,14H,6-7H2,1H3,(H,15,16)(H,17,18). The minimum atomic E-state index is -0.903. The van der Waals surface area contributed by atoms with E-state index in [9.17, 15) is 9.59 Å². The summed E-state index contributed by atoms with van der Waals surface area (Å²) in [5, 5.41) is 14.6. The van der Waals surface area contributed by atoms with Crippen molar-refractivity contribution in [2.75, 3.05) is 18.4 Å². The van der Waals surface area contributed by atoms with Gasteiger partial charge in [0.25, 0.3) is 0 Å². The van der Waals surface area contributed by atoms with E-state index >= 15 is 0 Å². The number of fused-ring (bicyclic) bond motifs is 1. The number of amides is 1. The van der Waals surface area contributed by atoms with Crippen molar-refractivity contribution in [3.05, 3.63) is 29.8 Å². The van der Waals surface area contributed by atoms with Crippen LogP contribution in [-0.4, -0.2) is 30.1 Å². The summed E-state index contributed by atoms with van der Waals surface area (Å²) in [5.74, 6) is -1.83. The normalized spacial score (nSPS) is 18.6. The summed E-state index contributed by atoms with van der Waals surface area (Å²) in [6, 6.07) is 7.66. The van der Waals surface area contributed by atoms with Crippen LogP contribution in [0.4, 0.5) is 5.69 Å². The Morgan fingerprint density at radius 3 is 2.94 bits per heavy atom. The average molecular weight is 248 g/mol. The molecule has 1 aromatic carbocycles. The highest BCUT2D eigenvalue weighted by molar-refractivity contribution is 5.88. The molecule has 0 saturated carbocycles. The number of carbonyl (C=O) groups is 2. The topological polar surface area (TPSA) is 78.4 Å². The molecule has 2 rings (SSSR count). The third kappa shape index (κ3) is 2.45. The largest absolute Gasteiger partial charge is 0.481 e. The van der Waals surface area contributed by atoms with E-state index in [-0.39, 0.29) is 18.4 Å². The van der Waals surface area contributed by atoms with Crippen molar-refractivity contribution < 1.29 is 14.7 Å². The molecule has 1 amide bonds. The van der Waals surface area contributed by atoms with Gasteiger partial charge in [0.15, 0.2) is 0 Å². The zero-order valence-electron chi connectivity index (χ0n) is 10.1. The van der Waals surface area contributed by atoms with Gasteiger partial charge in [0.1, 0.15) is 0 Å². The van der Waals surface area contributed by atoms with Crippen LogP contribution in [0.25, 0.3) is 0 Å². The van der Waals surface area contributed by atoms with Crippen LogP contribution in [0, 0.1) is 5.92 Å². The van der Waals surface area contributed by atoms with Crippen LogP contribution in [0.1, 0.15) is 18.4 Å². The Morgan fingerprint density at radius 1 is 1.50 bits per heavy atom. The van der Waals surface area contributed by atoms with E-state index in [2.05, 4.69) is 10.6 Å². The molecule has 0 aromatic heterocycles. The van der Waals surface area contributed by atoms with E-state index in [0.717, 1.165) is 11.3 Å². The van der Waals surface area contributed by atoms with Crippen molar-refractivity contribution in [3.63, 3.8) is 0 Å². The maximum atomic E-state index is 12.0. The van der Waals surface area contributed by atoms with Crippen LogP contribution in [-0.2, 0) is 9.59 Å². The minimum absolute atomic E-state index is 0.124. The molecule has 1 heterocycles. The summed E-state index contributed by atoms with van der Waals surface area (Å²) >= 11 is 0. The SMILES string of the molecule is CC(CNC(=O)C1CNc2ccccc21)C(=O)O. The molecule has 1 aliphatic heterocycles. The molecule has 1 aliphatic rings. The Bertz CT molecular complexity index is 473. The predicted octanol–water partition coefficient (Wildman–Crippen LogP) is 1.03. The molecule has 1 aromatic rings. The molecule has 2 unspecified atom stereocenters. The molecule has 5 nitrogen and oxygen atoms in total. The number of para-hydroxylation sites is 1. The fourth-order valence-corrected chi connectivity index (χ4v) is 1.98. The lowest BCUT2D eigenvalue weighted by Crippen LogP contribution is -2.35. The number of benzene rings is 1. The van der Waals surface area contributed by atoms with E-state index in [1.54, 1.807) is 6.92 Å². The van der Waals surface area contributed by atoms with E-state index < -0.39 is 11.9 Å². The second-order valence-electron chi connectivity index (χ2n) is 4.51. The second-order valence-corrected chi connectivity index (χ2v) is 4.51. The van der Waals surface area contributed by atoms with Gasteiger partial charge in [-0.3, -0.25) is 9.59 Å². The van der Waals surface area contributed by atoms with Crippen molar-refractivity contribution in [1.82, 2.24) is 5.32 Å². The zero-order valence-corrected chi connectivity index (χ0v) is 10.1. The van der Waals surface area contributed by atoms with Crippen molar-refractivity contribution >= 4 is 17.6 Å². The van der Waals surface area contributed by atoms with Crippen molar-refractivity contribution in [2.45, 2.75) is 12.8 Å². The molecular formula is C13H16N2O3. The summed E-state index contributed by atoms with van der Waals surface area (Å²) in [5.41, 5.74) is 1.95. The maximum absolute atomic E-state index is 12.0. The Balaban J connectivity index is 1.97. The first-order valence-electron chi connectivity index (χ1n) is 5.93. The second kappa shape index (κ2) is 5.08. The fraction of sp³-hybridized carbons (Fsp3) is 0.385. The number of anilines is 1. The fourth-order valence-electron chi connectivity index (χ4n) is 1.98. The van der Waals surface area contributed by atoms with Crippen LogP contribution in [0.2, 0.25) is 0 Å². The van der Waals surface area contributed by atoms with Crippen LogP contribution in [0.15, 0.2) is 24.3 Å². The van der Waals surface area contributed by atoms with Gasteiger partial charge in [-0.15, -0.1) is 0 Å². The molecule has 3 N–H and O–H groups in total. The molecule has 0 saturated heterocycles. The number of rotatable bonds is 4. The Hall–Kier alpha value is -2.04. The summed E-state index contributed by atoms with van der Waals surface area (Å²) < 4.78 is 0. The van der Waals surface area contributed by atoms with Gasteiger partial charge in [-0.25, -0.2) is 0 Å². The van der Waals surface area contributed by atoms with Gasteiger partial charge >= 0.3 is 5.97 Å². The highest BCUT2D eigenvalue weighted by atomic mass is 16.4. The van der Waals surface area contributed by atoms with E-state index in [4.69, 9.17) is 5.11 Å². The predicted molar refractivity (Wildman–Crippen MR) is 67.5 cm³/mol. The van der Waals surface area contributed by atoms with Gasteiger partial charge in [0.05, 0.1) is 11.8 Å². The Labute approximate surface area is 105 Å². The van der Waals surface area contributed by atoms with Gasteiger partial charge < -0.3 is 15.7 Å². The highest BCUT2D eigenvalue weighted by Crippen LogP contribution is 2.30. The van der Waals surface area contributed by atoms with Crippen molar-refractivity contribution in [3.8, 4) is 0 Å². The van der Waals surface area contributed by atoms with Crippen LogP contribution in [0.5, 0.6) is 0 Å². The molecule has 96 valence electrons. The Kier molecular flexibility index (Phi) is 3.50. The molecule has 2 atom stereocenters. The lowest BCUT2D eigenvalue weighted by Gasteiger charge is -2.12. The summed E-state index contributed by atoms with van der Waals surface area (Å²) in [6.45, 7) is 2.29. The van der Waals surface area contributed by atoms with Gasteiger partial charge in [-0.2, -0.15) is 0 Å². The molecular weight excluding hydrogens is 232 g/mol. The lowest BCUT2D eigenvalue weighted by atomic mass is 10.0. The molecule has 0 fully saturated rings. The molecule has 0 aliphatic carbocycles. The number of nitrogens with one attached hydrogen (secondary N) is 2. The van der Waals surface area contributed by atoms with Gasteiger partial charge in [0.2, 0.25) is 5.91 Å². The van der Waals surface area contributed by atoms with Gasteiger partial charge in [-0.05, 0) is 11.6 Å². The number of hydrogen-bond donors (Lipinski definition) is 3. The van der Waals surface area contributed by atoms with Crippen LogP contribution in [0.3, 0.4) is 0 Å². The molecule has 18 heavy (non-hydrogen) atoms. The van der Waals surface area contributed by atoms with Gasteiger partial charge in [-0.1, -0.05) is 25.1 Å². The summed E-state index contributed by atoms with van der Waals surface area (Å²) in [6.07, 6.45) is 0. The van der Waals surface area contributed by atoms with E-state index in [1.165, 1.54) is 0 Å². The first-order valence-corrected chi connectivity index (χ1v) is 5.93. The zero-order chi connectivity index (χ0) is 13.1. The average Bonchev–Trinajstić information content (AvgIpc) is 2.79. The first kappa shape index (κ1) is 12.4. The minimum Gasteiger partial charge on any atom is -0.481 e. The maximum Gasteiger partial charge on any atom is 0.308 e.